The normalized spacial score (nSPS) is 15.0. The molecule has 7 nitrogen and oxygen atoms in total. The van der Waals surface area contributed by atoms with Crippen LogP contribution < -0.4 is 0 Å². The minimum Gasteiger partial charge on any atom is -0.444 e. The number of rotatable bonds is 4. The Morgan fingerprint density at radius 3 is 2.04 bits per heavy atom. The van der Waals surface area contributed by atoms with E-state index in [-0.39, 0.29) is 11.0 Å². The second-order valence-corrected chi connectivity index (χ2v) is 8.97. The molecule has 1 aliphatic heterocycles. The highest BCUT2D eigenvalue weighted by Gasteiger charge is 2.35. The minimum atomic E-state index is -4.02. The van der Waals surface area contributed by atoms with E-state index in [1.54, 1.807) is 17.0 Å². The van der Waals surface area contributed by atoms with E-state index in [0.717, 1.165) is 31.7 Å². The Morgan fingerprint density at radius 1 is 1.19 bits per heavy atom. The molecule has 27 heavy (non-hydrogen) atoms. The Hall–Kier alpha value is -1.64. The summed E-state index contributed by atoms with van der Waals surface area (Å²) < 4.78 is 34.9. The van der Waals surface area contributed by atoms with E-state index in [2.05, 4.69) is 18.7 Å². The second kappa shape index (κ2) is 9.52. The molecule has 0 bridgehead atoms. The molecule has 154 valence electrons. The van der Waals surface area contributed by atoms with Gasteiger partial charge in [-0.3, -0.25) is 9.45 Å². The zero-order chi connectivity index (χ0) is 20.8. The molecule has 0 atom stereocenters. The molecule has 8 heteroatoms. The highest BCUT2D eigenvalue weighted by Crippen LogP contribution is 2.18. The van der Waals surface area contributed by atoms with Gasteiger partial charge >= 0.3 is 6.09 Å². The van der Waals surface area contributed by atoms with Gasteiger partial charge in [0.1, 0.15) is 5.60 Å². The molecule has 1 saturated heterocycles. The van der Waals surface area contributed by atoms with Gasteiger partial charge < -0.3 is 9.64 Å². The number of likely N-dealkylation sites (N-methyl/N-ethyl adjacent to an activating group) is 1. The number of carbonyl (C=O) groups excluding carboxylic acids is 1. The summed E-state index contributed by atoms with van der Waals surface area (Å²) in [5, 5.41) is 0. The number of hydrogen-bond donors (Lipinski definition) is 1. The summed E-state index contributed by atoms with van der Waals surface area (Å²) in [5.41, 5.74) is 0.564. The summed E-state index contributed by atoms with van der Waals surface area (Å²) in [5.74, 6) is 0. The predicted molar refractivity (Wildman–Crippen MR) is 106 cm³/mol. The summed E-state index contributed by atoms with van der Waals surface area (Å²) in [6, 6.07) is 6.50. The summed E-state index contributed by atoms with van der Waals surface area (Å²) in [6.07, 6.45) is -0.184. The first kappa shape index (κ1) is 23.4. The molecule has 0 radical (unpaired) electrons. The van der Waals surface area contributed by atoms with E-state index in [4.69, 9.17) is 9.29 Å². The predicted octanol–water partition coefficient (Wildman–Crippen LogP) is 3.19. The minimum absolute atomic E-state index is 0.0666. The maximum absolute atomic E-state index is 11.7. The number of ether oxygens (including phenoxy) is 1. The average molecular weight is 401 g/mol. The molecule has 0 aliphatic carbocycles. The van der Waals surface area contributed by atoms with Crippen LogP contribution >= 0.6 is 0 Å². The van der Waals surface area contributed by atoms with E-state index in [9.17, 15) is 13.2 Å². The SMILES string of the molecule is CCN(CC)C1CN(C(=O)OC(C)(C)C)C1.Cc1ccc(S(=O)(=O)O)cc1. The van der Waals surface area contributed by atoms with Gasteiger partial charge in [-0.25, -0.2) is 4.79 Å². The third kappa shape index (κ3) is 7.86. The van der Waals surface area contributed by atoms with Crippen molar-refractivity contribution in [1.29, 1.82) is 0 Å². The van der Waals surface area contributed by atoms with Gasteiger partial charge in [-0.1, -0.05) is 31.5 Å². The van der Waals surface area contributed by atoms with Crippen LogP contribution in [-0.2, 0) is 14.9 Å². The third-order valence-electron chi connectivity index (χ3n) is 4.16. The van der Waals surface area contributed by atoms with Crippen molar-refractivity contribution in [3.8, 4) is 0 Å². The highest BCUT2D eigenvalue weighted by atomic mass is 32.2. The van der Waals surface area contributed by atoms with Gasteiger partial charge in [0.25, 0.3) is 10.1 Å². The zero-order valence-corrected chi connectivity index (χ0v) is 17.9. The Kier molecular flexibility index (Phi) is 8.25. The van der Waals surface area contributed by atoms with Crippen LogP contribution in [0.4, 0.5) is 4.79 Å². The Morgan fingerprint density at radius 2 is 1.67 bits per heavy atom. The van der Waals surface area contributed by atoms with Crippen LogP contribution in [0.3, 0.4) is 0 Å². The molecule has 0 unspecified atom stereocenters. The molecule has 0 spiro atoms. The molecule has 1 aromatic carbocycles. The van der Waals surface area contributed by atoms with E-state index in [1.807, 2.05) is 27.7 Å². The number of carbonyl (C=O) groups is 1. The molecule has 1 fully saturated rings. The number of aryl methyl sites for hydroxylation is 1. The Balaban J connectivity index is 0.000000289. The van der Waals surface area contributed by atoms with Crippen LogP contribution in [0.1, 0.15) is 40.2 Å². The summed E-state index contributed by atoms with van der Waals surface area (Å²) in [7, 11) is -4.02. The Labute approximate surface area is 163 Å². The lowest BCUT2D eigenvalue weighted by atomic mass is 10.1. The first-order valence-corrected chi connectivity index (χ1v) is 10.6. The number of amides is 1. The molecule has 0 saturated carbocycles. The van der Waals surface area contributed by atoms with Crippen molar-refractivity contribution in [2.45, 2.75) is 58.1 Å². The van der Waals surface area contributed by atoms with Gasteiger partial charge in [-0.2, -0.15) is 8.42 Å². The molecule has 1 aromatic rings. The van der Waals surface area contributed by atoms with Gasteiger partial charge in [-0.15, -0.1) is 0 Å². The first-order valence-electron chi connectivity index (χ1n) is 9.13. The van der Waals surface area contributed by atoms with Gasteiger partial charge in [0.05, 0.1) is 4.90 Å². The largest absolute Gasteiger partial charge is 0.444 e. The topological polar surface area (TPSA) is 87.2 Å². The first-order chi connectivity index (χ1) is 12.4. The van der Waals surface area contributed by atoms with Crippen molar-refractivity contribution in [3.63, 3.8) is 0 Å². The van der Waals surface area contributed by atoms with E-state index in [0.29, 0.717) is 6.04 Å². The molecule has 1 amide bonds. The number of nitrogens with zero attached hydrogens (tertiary/aromatic N) is 2. The second-order valence-electron chi connectivity index (χ2n) is 7.55. The molecule has 1 heterocycles. The van der Waals surface area contributed by atoms with E-state index >= 15 is 0 Å². The van der Waals surface area contributed by atoms with Crippen molar-refractivity contribution >= 4 is 16.2 Å². The average Bonchev–Trinajstić information content (AvgIpc) is 2.48. The maximum atomic E-state index is 11.7. The lowest BCUT2D eigenvalue weighted by molar-refractivity contribution is -0.0135. The molecular weight excluding hydrogens is 368 g/mol. The van der Waals surface area contributed by atoms with Crippen molar-refractivity contribution < 1.29 is 22.5 Å². The standard InChI is InChI=1S/C12H24N2O2.C7H8O3S/c1-6-13(7-2)10-8-14(9-10)11(15)16-12(3,4)5;1-6-2-4-7(5-3-6)11(8,9)10/h10H,6-9H2,1-5H3;2-5H,1H3,(H,8,9,10). The number of benzene rings is 1. The van der Waals surface area contributed by atoms with Gasteiger partial charge in [0.2, 0.25) is 0 Å². The Bertz CT molecular complexity index is 701. The highest BCUT2D eigenvalue weighted by molar-refractivity contribution is 7.85. The fourth-order valence-corrected chi connectivity index (χ4v) is 3.09. The van der Waals surface area contributed by atoms with E-state index in [1.165, 1.54) is 12.1 Å². The van der Waals surface area contributed by atoms with Crippen molar-refractivity contribution in [2.24, 2.45) is 0 Å². The third-order valence-corrected chi connectivity index (χ3v) is 5.03. The molecular formula is C19H32N2O5S. The fourth-order valence-electron chi connectivity index (χ4n) is 2.61. The van der Waals surface area contributed by atoms with Crippen molar-refractivity contribution in [1.82, 2.24) is 9.80 Å². The van der Waals surface area contributed by atoms with Crippen LogP contribution in [0.2, 0.25) is 0 Å². The zero-order valence-electron chi connectivity index (χ0n) is 17.1. The maximum Gasteiger partial charge on any atom is 0.410 e. The van der Waals surface area contributed by atoms with Gasteiger partial charge in [-0.05, 0) is 52.9 Å². The smallest absolute Gasteiger partial charge is 0.410 e. The summed E-state index contributed by atoms with van der Waals surface area (Å²) in [6.45, 7) is 15.5. The summed E-state index contributed by atoms with van der Waals surface area (Å²) in [4.78, 5) is 15.8. The van der Waals surface area contributed by atoms with Crippen molar-refractivity contribution in [3.05, 3.63) is 29.8 Å². The molecule has 2 rings (SSSR count). The number of hydrogen-bond acceptors (Lipinski definition) is 5. The van der Waals surface area contributed by atoms with Crippen LogP contribution in [0.15, 0.2) is 29.2 Å². The number of likely N-dealkylation sites (tertiary alicyclic amines) is 1. The fraction of sp³-hybridized carbons (Fsp3) is 0.632. The van der Waals surface area contributed by atoms with Crippen LogP contribution in [-0.4, -0.2) is 66.7 Å². The van der Waals surface area contributed by atoms with Gasteiger partial charge in [0.15, 0.2) is 0 Å². The molecule has 1 aliphatic rings. The van der Waals surface area contributed by atoms with Crippen LogP contribution in [0, 0.1) is 6.92 Å². The van der Waals surface area contributed by atoms with Crippen molar-refractivity contribution in [2.75, 3.05) is 26.2 Å². The quantitative estimate of drug-likeness (QED) is 0.781. The van der Waals surface area contributed by atoms with Gasteiger partial charge in [0, 0.05) is 19.1 Å². The monoisotopic (exact) mass is 400 g/mol. The summed E-state index contributed by atoms with van der Waals surface area (Å²) >= 11 is 0. The van der Waals surface area contributed by atoms with E-state index < -0.39 is 15.7 Å². The molecule has 1 N–H and O–H groups in total. The van der Waals surface area contributed by atoms with Crippen LogP contribution in [0.5, 0.6) is 0 Å². The lowest BCUT2D eigenvalue weighted by Crippen LogP contribution is -2.61. The lowest BCUT2D eigenvalue weighted by Gasteiger charge is -2.44. The van der Waals surface area contributed by atoms with Crippen LogP contribution in [0.25, 0.3) is 0 Å². The molecule has 0 aromatic heterocycles.